The van der Waals surface area contributed by atoms with Gasteiger partial charge in [-0.15, -0.1) is 0 Å². The summed E-state index contributed by atoms with van der Waals surface area (Å²) in [6.07, 6.45) is 1.01. The fourth-order valence-electron chi connectivity index (χ4n) is 2.49. The number of aromatic nitrogens is 2. The van der Waals surface area contributed by atoms with E-state index in [4.69, 9.17) is 9.84 Å². The van der Waals surface area contributed by atoms with Gasteiger partial charge in [-0.3, -0.25) is 9.20 Å². The second-order valence-electron chi connectivity index (χ2n) is 5.01. The monoisotopic (exact) mass is 314 g/mol. The quantitative estimate of drug-likeness (QED) is 0.785. The average molecular weight is 314 g/mol. The molecule has 0 bridgehead atoms. The fourth-order valence-corrected chi connectivity index (χ4v) is 2.49. The predicted molar refractivity (Wildman–Crippen MR) is 83.1 cm³/mol. The van der Waals surface area contributed by atoms with Crippen molar-refractivity contribution in [3.63, 3.8) is 0 Å². The van der Waals surface area contributed by atoms with Gasteiger partial charge in [0.25, 0.3) is 0 Å². The Kier molecular flexibility index (Phi) is 3.97. The van der Waals surface area contributed by atoms with E-state index in [-0.39, 0.29) is 6.42 Å². The van der Waals surface area contributed by atoms with Gasteiger partial charge in [0.05, 0.1) is 24.4 Å². The molecule has 3 rings (SSSR count). The lowest BCUT2D eigenvalue weighted by molar-refractivity contribution is -0.136. The molecule has 0 aliphatic carbocycles. The van der Waals surface area contributed by atoms with E-state index < -0.39 is 11.8 Å². The van der Waals surface area contributed by atoms with E-state index in [1.54, 1.807) is 12.1 Å². The molecule has 0 atom stereocenters. The van der Waals surface area contributed by atoms with Crippen LogP contribution in [0.3, 0.4) is 0 Å². The number of carboxylic acid groups (broad SMARTS) is 1. The molecule has 0 amide bonds. The largest absolute Gasteiger partial charge is 0.494 e. The first-order valence-electron chi connectivity index (χ1n) is 7.20. The first-order valence-corrected chi connectivity index (χ1v) is 7.20. The predicted octanol–water partition coefficient (Wildman–Crippen LogP) is 3.17. The number of benzene rings is 1. The van der Waals surface area contributed by atoms with E-state index in [2.05, 4.69) is 4.98 Å². The topological polar surface area (TPSA) is 63.8 Å². The van der Waals surface area contributed by atoms with Gasteiger partial charge >= 0.3 is 5.97 Å². The van der Waals surface area contributed by atoms with Crippen molar-refractivity contribution in [2.45, 2.75) is 13.3 Å². The zero-order valence-electron chi connectivity index (χ0n) is 12.5. The summed E-state index contributed by atoms with van der Waals surface area (Å²) < 4.78 is 20.4. The van der Waals surface area contributed by atoms with Gasteiger partial charge in [-0.05, 0) is 43.3 Å². The van der Waals surface area contributed by atoms with E-state index in [9.17, 15) is 9.18 Å². The average Bonchev–Trinajstić information content (AvgIpc) is 2.86. The highest BCUT2D eigenvalue weighted by Gasteiger charge is 2.17. The minimum absolute atomic E-state index is 0.243. The molecule has 3 aromatic rings. The van der Waals surface area contributed by atoms with Crippen LogP contribution in [0.2, 0.25) is 0 Å². The van der Waals surface area contributed by atoms with Crippen molar-refractivity contribution in [3.8, 4) is 17.0 Å². The lowest BCUT2D eigenvalue weighted by Crippen LogP contribution is -2.05. The van der Waals surface area contributed by atoms with Crippen LogP contribution in [0, 0.1) is 5.82 Å². The van der Waals surface area contributed by atoms with Crippen molar-refractivity contribution < 1.29 is 19.0 Å². The first-order chi connectivity index (χ1) is 11.1. The zero-order chi connectivity index (χ0) is 16.4. The number of rotatable bonds is 5. The highest BCUT2D eigenvalue weighted by molar-refractivity contribution is 5.76. The van der Waals surface area contributed by atoms with Crippen LogP contribution >= 0.6 is 0 Å². The van der Waals surface area contributed by atoms with Crippen LogP contribution in [-0.4, -0.2) is 27.1 Å². The summed E-state index contributed by atoms with van der Waals surface area (Å²) in [5.41, 5.74) is 2.23. The van der Waals surface area contributed by atoms with Gasteiger partial charge in [0.2, 0.25) is 0 Å². The van der Waals surface area contributed by atoms with Gasteiger partial charge in [0, 0.05) is 11.8 Å². The third-order valence-electron chi connectivity index (χ3n) is 3.44. The Labute approximate surface area is 132 Å². The maximum absolute atomic E-state index is 13.5. The number of carboxylic acids is 1. The van der Waals surface area contributed by atoms with Gasteiger partial charge in [-0.2, -0.15) is 0 Å². The number of ether oxygens (including phenoxy) is 1. The molecule has 0 unspecified atom stereocenters. The van der Waals surface area contributed by atoms with Gasteiger partial charge in [-0.1, -0.05) is 0 Å². The molecule has 2 aromatic heterocycles. The molecule has 0 aliphatic rings. The highest BCUT2D eigenvalue weighted by Crippen LogP contribution is 2.27. The molecule has 0 fully saturated rings. The first kappa shape index (κ1) is 15.0. The minimum atomic E-state index is -0.997. The third-order valence-corrected chi connectivity index (χ3v) is 3.44. The number of carbonyl (C=O) groups is 1. The van der Waals surface area contributed by atoms with Crippen LogP contribution in [0.15, 0.2) is 42.6 Å². The van der Waals surface area contributed by atoms with E-state index in [1.807, 2.05) is 19.1 Å². The minimum Gasteiger partial charge on any atom is -0.494 e. The summed E-state index contributed by atoms with van der Waals surface area (Å²) in [7, 11) is 0. The molecular weight excluding hydrogens is 299 g/mol. The molecule has 1 aromatic carbocycles. The molecule has 0 aliphatic heterocycles. The summed E-state index contributed by atoms with van der Waals surface area (Å²) in [6.45, 7) is 2.47. The maximum atomic E-state index is 13.5. The molecule has 0 radical (unpaired) electrons. The van der Waals surface area contributed by atoms with Crippen molar-refractivity contribution in [1.82, 2.24) is 9.38 Å². The van der Waals surface area contributed by atoms with Crippen molar-refractivity contribution in [2.75, 3.05) is 6.61 Å². The number of hydrogen-bond acceptors (Lipinski definition) is 3. The summed E-state index contributed by atoms with van der Waals surface area (Å²) in [5, 5.41) is 9.14. The van der Waals surface area contributed by atoms with Crippen LogP contribution in [0.1, 0.15) is 12.6 Å². The molecule has 1 N–H and O–H groups in total. The van der Waals surface area contributed by atoms with Gasteiger partial charge in [-0.25, -0.2) is 9.37 Å². The Hall–Kier alpha value is -2.89. The fraction of sp³-hybridized carbons (Fsp3) is 0.176. The van der Waals surface area contributed by atoms with E-state index in [0.717, 1.165) is 11.3 Å². The van der Waals surface area contributed by atoms with Gasteiger partial charge in [0.15, 0.2) is 0 Å². The summed E-state index contributed by atoms with van der Waals surface area (Å²) in [6, 6.07) is 10.1. The molecule has 5 nitrogen and oxygen atoms in total. The Morgan fingerprint density at radius 2 is 2.00 bits per heavy atom. The van der Waals surface area contributed by atoms with E-state index in [0.29, 0.717) is 23.6 Å². The molecule has 118 valence electrons. The van der Waals surface area contributed by atoms with Crippen LogP contribution in [0.25, 0.3) is 16.9 Å². The van der Waals surface area contributed by atoms with Crippen molar-refractivity contribution in [2.24, 2.45) is 0 Å². The Morgan fingerprint density at radius 3 is 2.65 bits per heavy atom. The van der Waals surface area contributed by atoms with Crippen LogP contribution in [-0.2, 0) is 11.2 Å². The van der Waals surface area contributed by atoms with Crippen molar-refractivity contribution >= 4 is 11.6 Å². The molecule has 0 saturated heterocycles. The summed E-state index contributed by atoms with van der Waals surface area (Å²) in [4.78, 5) is 15.6. The smallest absolute Gasteiger partial charge is 0.309 e. The molecule has 0 spiro atoms. The van der Waals surface area contributed by atoms with E-state index in [1.165, 1.54) is 22.7 Å². The number of hydrogen-bond donors (Lipinski definition) is 1. The number of fused-ring (bicyclic) bond motifs is 1. The van der Waals surface area contributed by atoms with Crippen LogP contribution < -0.4 is 4.74 Å². The molecule has 2 heterocycles. The number of halogens is 1. The third kappa shape index (κ3) is 3.01. The second kappa shape index (κ2) is 6.08. The molecule has 6 heteroatoms. The normalized spacial score (nSPS) is 10.9. The summed E-state index contributed by atoms with van der Waals surface area (Å²) in [5.74, 6) is -0.714. The number of imidazole rings is 1. The van der Waals surface area contributed by atoms with Gasteiger partial charge in [0.1, 0.15) is 17.2 Å². The van der Waals surface area contributed by atoms with Gasteiger partial charge < -0.3 is 9.84 Å². The lowest BCUT2D eigenvalue weighted by atomic mass is 10.1. The summed E-state index contributed by atoms with van der Waals surface area (Å²) >= 11 is 0. The highest BCUT2D eigenvalue weighted by atomic mass is 19.1. The van der Waals surface area contributed by atoms with Crippen LogP contribution in [0.4, 0.5) is 4.39 Å². The van der Waals surface area contributed by atoms with Crippen LogP contribution in [0.5, 0.6) is 5.75 Å². The standard InChI is InChI=1S/C17H15FN2O3/c1-2-23-13-6-3-11(4-7-13)17-14(9-16(21)22)20-10-12(18)5-8-15(20)19-17/h3-8,10H,2,9H2,1H3,(H,21,22). The maximum Gasteiger partial charge on any atom is 0.309 e. The molecule has 23 heavy (non-hydrogen) atoms. The Morgan fingerprint density at radius 1 is 1.26 bits per heavy atom. The SMILES string of the molecule is CCOc1ccc(-c2nc3ccc(F)cn3c2CC(=O)O)cc1. The lowest BCUT2D eigenvalue weighted by Gasteiger charge is -2.05. The second-order valence-corrected chi connectivity index (χ2v) is 5.01. The number of aliphatic carboxylic acids is 1. The van der Waals surface area contributed by atoms with E-state index >= 15 is 0 Å². The van der Waals surface area contributed by atoms with Crippen molar-refractivity contribution in [3.05, 3.63) is 54.1 Å². The number of nitrogens with zero attached hydrogens (tertiary/aromatic N) is 2. The molecule has 0 saturated carbocycles. The van der Waals surface area contributed by atoms with Crippen molar-refractivity contribution in [1.29, 1.82) is 0 Å². The molecular formula is C17H15FN2O3. The zero-order valence-corrected chi connectivity index (χ0v) is 12.5. The Bertz CT molecular complexity index is 856. The Balaban J connectivity index is 2.13. The number of pyridine rings is 1.